The van der Waals surface area contributed by atoms with Gasteiger partial charge in [0.1, 0.15) is 4.34 Å². The summed E-state index contributed by atoms with van der Waals surface area (Å²) >= 11 is 26.9. The third kappa shape index (κ3) is 5.85. The highest BCUT2D eigenvalue weighted by molar-refractivity contribution is 7.99. The maximum atomic E-state index is 12.3. The lowest BCUT2D eigenvalue weighted by Crippen LogP contribution is -2.14. The minimum absolute atomic E-state index is 0.0371. The third-order valence-corrected chi connectivity index (χ3v) is 8.49. The fraction of sp³-hybridized carbons (Fsp3) is 0.273. The molecule has 0 fully saturated rings. The number of nitrogens with one attached hydrogen (secondary N) is 1. The first kappa shape index (κ1) is 24.0. The van der Waals surface area contributed by atoms with Gasteiger partial charge in [-0.15, -0.1) is 11.3 Å². The van der Waals surface area contributed by atoms with E-state index >= 15 is 0 Å². The van der Waals surface area contributed by atoms with Crippen LogP contribution < -0.4 is 4.72 Å². The number of hydrogen-bond acceptors (Lipinski definition) is 4. The second-order valence-electron chi connectivity index (χ2n) is 7.35. The second-order valence-corrected chi connectivity index (χ2v) is 11.4. The van der Waals surface area contributed by atoms with E-state index < -0.39 is 0 Å². The third-order valence-electron chi connectivity index (χ3n) is 5.10. The van der Waals surface area contributed by atoms with Gasteiger partial charge in [-0.3, -0.25) is 14.2 Å². The molecule has 2 aromatic heterocycles. The summed E-state index contributed by atoms with van der Waals surface area (Å²) in [6.45, 7) is 0.575. The zero-order chi connectivity index (χ0) is 22.7. The molecular weight excluding hydrogens is 528 g/mol. The minimum atomic E-state index is -0.0371. The van der Waals surface area contributed by atoms with Gasteiger partial charge in [0, 0.05) is 16.5 Å². The molecular formula is C22H19Cl4N3OS2. The normalized spacial score (nSPS) is 14.6. The van der Waals surface area contributed by atoms with E-state index in [9.17, 15) is 4.79 Å². The number of aryl methyl sites for hydroxylation is 1. The zero-order valence-corrected chi connectivity index (χ0v) is 21.5. The number of amides is 1. The molecule has 0 saturated carbocycles. The molecule has 0 bridgehead atoms. The molecule has 1 aromatic carbocycles. The maximum absolute atomic E-state index is 12.3. The van der Waals surface area contributed by atoms with E-state index in [2.05, 4.69) is 15.9 Å². The smallest absolute Gasteiger partial charge is 0.230 e. The Morgan fingerprint density at radius 3 is 2.78 bits per heavy atom. The first-order valence-corrected chi connectivity index (χ1v) is 13.1. The first-order valence-electron chi connectivity index (χ1n) is 9.99. The summed E-state index contributed by atoms with van der Waals surface area (Å²) in [6, 6.07) is 7.27. The Balaban J connectivity index is 1.40. The van der Waals surface area contributed by atoms with Crippen LogP contribution in [-0.2, 0) is 17.8 Å². The van der Waals surface area contributed by atoms with Gasteiger partial charge in [0.15, 0.2) is 0 Å². The van der Waals surface area contributed by atoms with Gasteiger partial charge in [0.05, 0.1) is 27.7 Å². The highest BCUT2D eigenvalue weighted by Crippen LogP contribution is 2.36. The quantitative estimate of drug-likeness (QED) is 0.306. The van der Waals surface area contributed by atoms with Crippen molar-refractivity contribution < 1.29 is 4.79 Å². The number of carbonyl (C=O) groups excluding carboxylic acids is 1. The molecule has 0 aliphatic heterocycles. The fourth-order valence-electron chi connectivity index (χ4n) is 3.61. The Labute approximate surface area is 215 Å². The van der Waals surface area contributed by atoms with Crippen molar-refractivity contribution in [3.05, 3.63) is 72.8 Å². The number of benzene rings is 1. The number of nitrogens with zero attached hydrogens (tertiary/aromatic N) is 2. The van der Waals surface area contributed by atoms with Gasteiger partial charge in [-0.05, 0) is 72.5 Å². The van der Waals surface area contributed by atoms with Crippen LogP contribution in [0.15, 0.2) is 40.7 Å². The predicted molar refractivity (Wildman–Crippen MR) is 136 cm³/mol. The molecule has 0 unspecified atom stereocenters. The van der Waals surface area contributed by atoms with E-state index in [4.69, 9.17) is 46.4 Å². The molecule has 1 aliphatic carbocycles. The van der Waals surface area contributed by atoms with Crippen molar-refractivity contribution in [1.82, 2.24) is 14.5 Å². The van der Waals surface area contributed by atoms with Gasteiger partial charge in [-0.25, -0.2) is 0 Å². The molecule has 0 saturated heterocycles. The van der Waals surface area contributed by atoms with Crippen molar-refractivity contribution in [2.75, 3.05) is 0 Å². The Hall–Kier alpha value is -1.15. The highest BCUT2D eigenvalue weighted by atomic mass is 35.5. The SMILES string of the molecule is O=C(CC/C=C1\CCCc2cnn(Cc3ccc(Cl)cc3Cl)c21)NSc1cc(Cl)c(Cl)s1. The van der Waals surface area contributed by atoms with Crippen LogP contribution in [0, 0.1) is 0 Å². The van der Waals surface area contributed by atoms with Gasteiger partial charge in [-0.1, -0.05) is 58.5 Å². The second kappa shape index (κ2) is 10.9. The molecule has 1 N–H and O–H groups in total. The molecule has 4 rings (SSSR count). The fourth-order valence-corrected chi connectivity index (χ4v) is 6.42. The maximum Gasteiger partial charge on any atom is 0.230 e. The van der Waals surface area contributed by atoms with Crippen LogP contribution in [0.5, 0.6) is 0 Å². The van der Waals surface area contributed by atoms with E-state index in [-0.39, 0.29) is 5.91 Å². The van der Waals surface area contributed by atoms with Crippen molar-refractivity contribution >= 4 is 81.2 Å². The average molecular weight is 547 g/mol. The summed E-state index contributed by atoms with van der Waals surface area (Å²) in [5, 5.41) is 6.35. The summed E-state index contributed by atoms with van der Waals surface area (Å²) in [5.41, 5.74) is 4.57. The van der Waals surface area contributed by atoms with Gasteiger partial charge >= 0.3 is 0 Å². The van der Waals surface area contributed by atoms with Gasteiger partial charge in [0.2, 0.25) is 5.91 Å². The summed E-state index contributed by atoms with van der Waals surface area (Å²) in [7, 11) is 0. The molecule has 2 heterocycles. The van der Waals surface area contributed by atoms with Crippen LogP contribution in [-0.4, -0.2) is 15.7 Å². The number of rotatable bonds is 7. The number of hydrogen-bond donors (Lipinski definition) is 1. The van der Waals surface area contributed by atoms with Gasteiger partial charge in [0.25, 0.3) is 0 Å². The summed E-state index contributed by atoms with van der Waals surface area (Å²) in [5.74, 6) is -0.0371. The average Bonchev–Trinajstić information content (AvgIpc) is 3.32. The zero-order valence-electron chi connectivity index (χ0n) is 16.8. The van der Waals surface area contributed by atoms with Crippen LogP contribution in [0.25, 0.3) is 5.57 Å². The van der Waals surface area contributed by atoms with E-state index in [0.29, 0.717) is 38.8 Å². The highest BCUT2D eigenvalue weighted by Gasteiger charge is 2.20. The van der Waals surface area contributed by atoms with Crippen LogP contribution >= 0.6 is 69.7 Å². The molecule has 168 valence electrons. The lowest BCUT2D eigenvalue weighted by Gasteiger charge is -2.18. The molecule has 10 heteroatoms. The topological polar surface area (TPSA) is 46.9 Å². The standard InChI is InChI=1S/C22H19Cl4N3OS2/c23-16-8-7-15(17(24)9-16)12-29-21-13(3-1-5-14(21)11-27-29)4-2-6-19(30)28-32-20-10-18(25)22(26)31-20/h4,7-11H,1-3,5-6,12H2,(H,28,30)/b13-4+. The Bertz CT molecular complexity index is 1150. The van der Waals surface area contributed by atoms with E-state index in [1.165, 1.54) is 34.4 Å². The summed E-state index contributed by atoms with van der Waals surface area (Å²) < 4.78 is 6.22. The van der Waals surface area contributed by atoms with Crippen LogP contribution in [0.2, 0.25) is 19.4 Å². The largest absolute Gasteiger partial charge is 0.295 e. The van der Waals surface area contributed by atoms with Crippen molar-refractivity contribution in [3.63, 3.8) is 0 Å². The van der Waals surface area contributed by atoms with Crippen LogP contribution in [0.3, 0.4) is 0 Å². The number of aromatic nitrogens is 2. The summed E-state index contributed by atoms with van der Waals surface area (Å²) in [4.78, 5) is 12.3. The lowest BCUT2D eigenvalue weighted by molar-refractivity contribution is -0.119. The van der Waals surface area contributed by atoms with Crippen LogP contribution in [0.1, 0.15) is 42.5 Å². The van der Waals surface area contributed by atoms with Crippen molar-refractivity contribution in [1.29, 1.82) is 0 Å². The molecule has 1 amide bonds. The Morgan fingerprint density at radius 1 is 1.19 bits per heavy atom. The van der Waals surface area contributed by atoms with Crippen molar-refractivity contribution in [3.8, 4) is 0 Å². The summed E-state index contributed by atoms with van der Waals surface area (Å²) in [6.07, 6.45) is 8.19. The van der Waals surface area contributed by atoms with Crippen molar-refractivity contribution in [2.45, 2.75) is 42.9 Å². The minimum Gasteiger partial charge on any atom is -0.295 e. The number of thiophene rings is 1. The Kier molecular flexibility index (Phi) is 8.13. The molecule has 0 spiro atoms. The Morgan fingerprint density at radius 2 is 2.03 bits per heavy atom. The number of allylic oxidation sites excluding steroid dienone is 2. The van der Waals surface area contributed by atoms with Gasteiger partial charge < -0.3 is 0 Å². The molecule has 0 radical (unpaired) electrons. The number of halogens is 4. The van der Waals surface area contributed by atoms with E-state index in [0.717, 1.165) is 34.7 Å². The monoisotopic (exact) mass is 545 g/mol. The van der Waals surface area contributed by atoms with Crippen LogP contribution in [0.4, 0.5) is 0 Å². The molecule has 3 aromatic rings. The molecule has 1 aliphatic rings. The van der Waals surface area contributed by atoms with E-state index in [1.807, 2.05) is 23.0 Å². The predicted octanol–water partition coefficient (Wildman–Crippen LogP) is 7.93. The molecule has 32 heavy (non-hydrogen) atoms. The molecule has 0 atom stereocenters. The van der Waals surface area contributed by atoms with Gasteiger partial charge in [-0.2, -0.15) is 5.10 Å². The number of fused-ring (bicyclic) bond motifs is 1. The first-order chi connectivity index (χ1) is 15.4. The number of carbonyl (C=O) groups is 1. The lowest BCUT2D eigenvalue weighted by atomic mass is 9.92. The van der Waals surface area contributed by atoms with Crippen molar-refractivity contribution in [2.24, 2.45) is 0 Å². The van der Waals surface area contributed by atoms with E-state index in [1.54, 1.807) is 12.1 Å². The molecule has 4 nitrogen and oxygen atoms in total.